The van der Waals surface area contributed by atoms with E-state index in [4.69, 9.17) is 0 Å². The number of carbonyl (C=O) groups is 1. The Kier molecular flexibility index (Phi) is 4.20. The number of carbonyl (C=O) groups excluding carboxylic acids is 1. The topological polar surface area (TPSA) is 53.4 Å². The van der Waals surface area contributed by atoms with Gasteiger partial charge in [0.15, 0.2) is 0 Å². The normalized spacial score (nSPS) is 27.3. The van der Waals surface area contributed by atoms with Crippen molar-refractivity contribution in [3.8, 4) is 0 Å². The Morgan fingerprint density at radius 2 is 2.42 bits per heavy atom. The molecule has 1 fully saturated rings. The molecule has 1 aromatic rings. The minimum absolute atomic E-state index is 0.127. The van der Waals surface area contributed by atoms with Gasteiger partial charge in [-0.15, -0.1) is 0 Å². The van der Waals surface area contributed by atoms with Crippen molar-refractivity contribution in [2.45, 2.75) is 38.7 Å². The number of pyridine rings is 1. The highest BCUT2D eigenvalue weighted by Gasteiger charge is 2.37. The van der Waals surface area contributed by atoms with Crippen LogP contribution < -0.4 is 0 Å². The molecule has 2 rings (SSSR count). The number of amides is 1. The van der Waals surface area contributed by atoms with Crippen molar-refractivity contribution in [3.05, 3.63) is 30.1 Å². The SMILES string of the molecule is CC[C@@H]1CN(C(=O)Cc2cccnc2)CC[C@]1(C)O. The lowest BCUT2D eigenvalue weighted by molar-refractivity contribution is -0.138. The van der Waals surface area contributed by atoms with Gasteiger partial charge in [-0.1, -0.05) is 13.0 Å². The van der Waals surface area contributed by atoms with Crippen molar-refractivity contribution in [2.24, 2.45) is 5.92 Å². The zero-order valence-electron chi connectivity index (χ0n) is 11.7. The molecule has 1 N–H and O–H groups in total. The van der Waals surface area contributed by atoms with E-state index in [0.29, 0.717) is 25.9 Å². The molecule has 1 amide bonds. The molecule has 1 saturated heterocycles. The van der Waals surface area contributed by atoms with Crippen LogP contribution in [-0.2, 0) is 11.2 Å². The average Bonchev–Trinajstić information content (AvgIpc) is 2.39. The third kappa shape index (κ3) is 3.32. The maximum absolute atomic E-state index is 12.3. The quantitative estimate of drug-likeness (QED) is 0.901. The van der Waals surface area contributed by atoms with Crippen molar-refractivity contribution < 1.29 is 9.90 Å². The molecule has 104 valence electrons. The second kappa shape index (κ2) is 5.70. The van der Waals surface area contributed by atoms with Gasteiger partial charge in [-0.2, -0.15) is 0 Å². The van der Waals surface area contributed by atoms with Gasteiger partial charge in [0.2, 0.25) is 5.91 Å². The van der Waals surface area contributed by atoms with E-state index in [-0.39, 0.29) is 11.8 Å². The minimum atomic E-state index is -0.639. The predicted octanol–water partition coefficient (Wildman–Crippen LogP) is 1.63. The molecule has 1 aliphatic rings. The van der Waals surface area contributed by atoms with Gasteiger partial charge in [-0.25, -0.2) is 0 Å². The van der Waals surface area contributed by atoms with Gasteiger partial charge < -0.3 is 10.0 Å². The molecule has 1 aliphatic heterocycles. The van der Waals surface area contributed by atoms with Crippen molar-refractivity contribution in [1.29, 1.82) is 0 Å². The lowest BCUT2D eigenvalue weighted by atomic mass is 9.81. The van der Waals surface area contributed by atoms with Crippen LogP contribution in [0.4, 0.5) is 0 Å². The fraction of sp³-hybridized carbons (Fsp3) is 0.600. The molecule has 4 heteroatoms. The third-order valence-corrected chi connectivity index (χ3v) is 4.13. The number of hydrogen-bond donors (Lipinski definition) is 1. The van der Waals surface area contributed by atoms with E-state index >= 15 is 0 Å². The van der Waals surface area contributed by atoms with Gasteiger partial charge >= 0.3 is 0 Å². The zero-order valence-corrected chi connectivity index (χ0v) is 11.7. The summed E-state index contributed by atoms with van der Waals surface area (Å²) in [4.78, 5) is 18.2. The van der Waals surface area contributed by atoms with Gasteiger partial charge in [0.05, 0.1) is 12.0 Å². The molecule has 2 atom stereocenters. The van der Waals surface area contributed by atoms with Gasteiger partial charge in [-0.3, -0.25) is 9.78 Å². The minimum Gasteiger partial charge on any atom is -0.390 e. The van der Waals surface area contributed by atoms with E-state index in [1.807, 2.05) is 24.0 Å². The van der Waals surface area contributed by atoms with Crippen molar-refractivity contribution in [3.63, 3.8) is 0 Å². The first-order valence-corrected chi connectivity index (χ1v) is 6.92. The van der Waals surface area contributed by atoms with Crippen LogP contribution in [-0.4, -0.2) is 39.6 Å². The second-order valence-electron chi connectivity index (χ2n) is 5.59. The number of aromatic nitrogens is 1. The summed E-state index contributed by atoms with van der Waals surface area (Å²) in [6, 6.07) is 3.76. The molecule has 0 unspecified atom stereocenters. The molecule has 19 heavy (non-hydrogen) atoms. The molecule has 1 aromatic heterocycles. The molecule has 0 radical (unpaired) electrons. The highest BCUT2D eigenvalue weighted by molar-refractivity contribution is 5.78. The van der Waals surface area contributed by atoms with Gasteiger partial charge in [0, 0.05) is 31.4 Å². The van der Waals surface area contributed by atoms with Crippen LogP contribution in [0.25, 0.3) is 0 Å². The fourth-order valence-corrected chi connectivity index (χ4v) is 2.70. The molecule has 2 heterocycles. The number of hydrogen-bond acceptors (Lipinski definition) is 3. The molecule has 0 aromatic carbocycles. The molecular weight excluding hydrogens is 240 g/mol. The van der Waals surface area contributed by atoms with E-state index in [1.165, 1.54) is 0 Å². The Morgan fingerprint density at radius 1 is 1.63 bits per heavy atom. The van der Waals surface area contributed by atoms with Gasteiger partial charge in [0.1, 0.15) is 0 Å². The predicted molar refractivity (Wildman–Crippen MR) is 73.5 cm³/mol. The lowest BCUT2D eigenvalue weighted by Crippen LogP contribution is -2.52. The van der Waals surface area contributed by atoms with Crippen LogP contribution in [0.2, 0.25) is 0 Å². The summed E-state index contributed by atoms with van der Waals surface area (Å²) in [7, 11) is 0. The number of rotatable bonds is 3. The van der Waals surface area contributed by atoms with E-state index in [0.717, 1.165) is 12.0 Å². The summed E-state index contributed by atoms with van der Waals surface area (Å²) in [6.07, 6.45) is 5.38. The maximum Gasteiger partial charge on any atom is 0.227 e. The highest BCUT2D eigenvalue weighted by atomic mass is 16.3. The molecule has 0 bridgehead atoms. The van der Waals surface area contributed by atoms with Crippen LogP contribution in [0, 0.1) is 5.92 Å². The van der Waals surface area contributed by atoms with E-state index in [1.54, 1.807) is 12.4 Å². The Balaban J connectivity index is 1.97. The van der Waals surface area contributed by atoms with Crippen LogP contribution in [0.5, 0.6) is 0 Å². The van der Waals surface area contributed by atoms with Gasteiger partial charge in [0.25, 0.3) is 0 Å². The summed E-state index contributed by atoms with van der Waals surface area (Å²) in [5.74, 6) is 0.293. The Morgan fingerprint density at radius 3 is 3.05 bits per heavy atom. The number of nitrogens with zero attached hydrogens (tertiary/aromatic N) is 2. The maximum atomic E-state index is 12.3. The van der Waals surface area contributed by atoms with Crippen LogP contribution in [0.1, 0.15) is 32.3 Å². The monoisotopic (exact) mass is 262 g/mol. The first-order valence-electron chi connectivity index (χ1n) is 6.92. The van der Waals surface area contributed by atoms with Gasteiger partial charge in [-0.05, 0) is 31.4 Å². The first kappa shape index (κ1) is 14.0. The van der Waals surface area contributed by atoms with Crippen LogP contribution in [0.3, 0.4) is 0 Å². The molecule has 0 aliphatic carbocycles. The summed E-state index contributed by atoms with van der Waals surface area (Å²) in [5.41, 5.74) is 0.303. The molecular formula is C15H22N2O2. The Bertz CT molecular complexity index is 431. The average molecular weight is 262 g/mol. The Hall–Kier alpha value is -1.42. The number of aliphatic hydroxyl groups is 1. The summed E-state index contributed by atoms with van der Waals surface area (Å²) >= 11 is 0. The standard InChI is InChI=1S/C15H22N2O2/c1-3-13-11-17(8-6-15(13,2)19)14(18)9-12-5-4-7-16-10-12/h4-5,7,10,13,19H,3,6,8-9,11H2,1-2H3/t13-,15+/m1/s1. The summed E-state index contributed by atoms with van der Waals surface area (Å²) in [5, 5.41) is 10.3. The summed E-state index contributed by atoms with van der Waals surface area (Å²) < 4.78 is 0. The highest BCUT2D eigenvalue weighted by Crippen LogP contribution is 2.30. The van der Waals surface area contributed by atoms with E-state index in [9.17, 15) is 9.90 Å². The van der Waals surface area contributed by atoms with Crippen molar-refractivity contribution in [2.75, 3.05) is 13.1 Å². The lowest BCUT2D eigenvalue weighted by Gasteiger charge is -2.42. The van der Waals surface area contributed by atoms with E-state index < -0.39 is 5.60 Å². The molecule has 0 saturated carbocycles. The van der Waals surface area contributed by atoms with Crippen LogP contribution >= 0.6 is 0 Å². The smallest absolute Gasteiger partial charge is 0.227 e. The van der Waals surface area contributed by atoms with E-state index in [2.05, 4.69) is 11.9 Å². The van der Waals surface area contributed by atoms with Crippen molar-refractivity contribution >= 4 is 5.91 Å². The van der Waals surface area contributed by atoms with Crippen LogP contribution in [0.15, 0.2) is 24.5 Å². The third-order valence-electron chi connectivity index (χ3n) is 4.13. The molecule has 4 nitrogen and oxygen atoms in total. The number of piperidine rings is 1. The zero-order chi connectivity index (χ0) is 13.9. The van der Waals surface area contributed by atoms with Crippen molar-refractivity contribution in [1.82, 2.24) is 9.88 Å². The fourth-order valence-electron chi connectivity index (χ4n) is 2.70. The largest absolute Gasteiger partial charge is 0.390 e. The second-order valence-corrected chi connectivity index (χ2v) is 5.59. The summed E-state index contributed by atoms with van der Waals surface area (Å²) in [6.45, 7) is 5.24. The molecule has 0 spiro atoms. The Labute approximate surface area is 114 Å². The number of likely N-dealkylation sites (tertiary alicyclic amines) is 1. The first-order chi connectivity index (χ1) is 9.03.